The zero-order chi connectivity index (χ0) is 13.6. The summed E-state index contributed by atoms with van der Waals surface area (Å²) in [6, 6.07) is 0. The maximum absolute atomic E-state index is 11.4. The quantitative estimate of drug-likeness (QED) is 0.242. The van der Waals surface area contributed by atoms with E-state index < -0.39 is 0 Å². The molecule has 0 radical (unpaired) electrons. The van der Waals surface area contributed by atoms with Crippen LogP contribution in [-0.2, 0) is 9.53 Å². The van der Waals surface area contributed by atoms with Crippen molar-refractivity contribution in [3.8, 4) is 0 Å². The topological polar surface area (TPSA) is 26.3 Å². The summed E-state index contributed by atoms with van der Waals surface area (Å²) in [5.74, 6) is -0.240. The molecule has 104 valence electrons. The zero-order valence-electron chi connectivity index (χ0n) is 12.3. The van der Waals surface area contributed by atoms with E-state index in [0.717, 1.165) is 12.8 Å². The van der Waals surface area contributed by atoms with Crippen molar-refractivity contribution < 1.29 is 9.53 Å². The summed E-state index contributed by atoms with van der Waals surface area (Å²) in [6.07, 6.45) is 12.8. The number of esters is 1. The second-order valence-electron chi connectivity index (χ2n) is 4.63. The lowest BCUT2D eigenvalue weighted by atomic mass is 10.0. The third kappa shape index (κ3) is 9.07. The van der Waals surface area contributed by atoms with Crippen molar-refractivity contribution in [3.63, 3.8) is 0 Å². The first-order chi connectivity index (χ1) is 8.76. The fourth-order valence-corrected chi connectivity index (χ4v) is 1.97. The first kappa shape index (κ1) is 17.0. The Kier molecular flexibility index (Phi) is 11.7. The number of methoxy groups -OCH3 is 1. The molecule has 0 aliphatic rings. The van der Waals surface area contributed by atoms with Crippen LogP contribution in [0.25, 0.3) is 0 Å². The van der Waals surface area contributed by atoms with Crippen molar-refractivity contribution in [2.45, 2.75) is 71.6 Å². The molecule has 0 unspecified atom stereocenters. The highest BCUT2D eigenvalue weighted by molar-refractivity contribution is 5.87. The summed E-state index contributed by atoms with van der Waals surface area (Å²) >= 11 is 0. The Morgan fingerprint density at radius 1 is 1.06 bits per heavy atom. The molecule has 0 aromatic rings. The van der Waals surface area contributed by atoms with Gasteiger partial charge in [-0.05, 0) is 25.8 Å². The number of carbonyl (C=O) groups excluding carboxylic acids is 1. The van der Waals surface area contributed by atoms with E-state index in [1.807, 2.05) is 6.92 Å². The van der Waals surface area contributed by atoms with Gasteiger partial charge in [-0.2, -0.15) is 0 Å². The molecule has 0 saturated heterocycles. The van der Waals surface area contributed by atoms with E-state index in [-0.39, 0.29) is 5.97 Å². The molecule has 0 saturated carbocycles. The number of rotatable bonds is 10. The molecule has 0 N–H and O–H groups in total. The van der Waals surface area contributed by atoms with Crippen LogP contribution in [0.5, 0.6) is 0 Å². The van der Waals surface area contributed by atoms with Gasteiger partial charge in [-0.3, -0.25) is 0 Å². The molecule has 0 amide bonds. The van der Waals surface area contributed by atoms with Crippen molar-refractivity contribution in [1.82, 2.24) is 0 Å². The van der Waals surface area contributed by atoms with Gasteiger partial charge in [0, 0.05) is 0 Å². The predicted octanol–water partition coefficient (Wildman–Crippen LogP) is 4.79. The minimum atomic E-state index is -0.240. The summed E-state index contributed by atoms with van der Waals surface area (Å²) in [5.41, 5.74) is 3.64. The monoisotopic (exact) mass is 252 g/mol. The molecular formula is C16H28O2. The number of carbonyl (C=O) groups is 1. The second-order valence-corrected chi connectivity index (χ2v) is 4.63. The van der Waals surface area contributed by atoms with Crippen LogP contribution in [0, 0.1) is 0 Å². The number of hydrogen-bond donors (Lipinski definition) is 0. The average molecular weight is 252 g/mol. The number of ether oxygens (including phenoxy) is 1. The van der Waals surface area contributed by atoms with E-state index in [1.165, 1.54) is 52.1 Å². The Bertz CT molecular complexity index is 273. The van der Waals surface area contributed by atoms with E-state index in [1.54, 1.807) is 6.08 Å². The van der Waals surface area contributed by atoms with Crippen molar-refractivity contribution in [3.05, 3.63) is 17.4 Å². The molecule has 0 aliphatic heterocycles. The van der Waals surface area contributed by atoms with Gasteiger partial charge in [0.15, 0.2) is 0 Å². The first-order valence-corrected chi connectivity index (χ1v) is 7.24. The van der Waals surface area contributed by atoms with Gasteiger partial charge in [0.05, 0.1) is 12.7 Å². The van der Waals surface area contributed by atoms with Gasteiger partial charge in [-0.15, -0.1) is 5.73 Å². The minimum absolute atomic E-state index is 0.240. The van der Waals surface area contributed by atoms with Crippen LogP contribution in [0.3, 0.4) is 0 Å². The van der Waals surface area contributed by atoms with Crippen molar-refractivity contribution >= 4 is 5.97 Å². The number of hydrogen-bond acceptors (Lipinski definition) is 2. The van der Waals surface area contributed by atoms with E-state index in [2.05, 4.69) is 12.7 Å². The maximum Gasteiger partial charge on any atom is 0.341 e. The largest absolute Gasteiger partial charge is 0.465 e. The summed E-state index contributed by atoms with van der Waals surface area (Å²) < 4.78 is 4.73. The third-order valence-electron chi connectivity index (χ3n) is 3.03. The van der Waals surface area contributed by atoms with Crippen LogP contribution < -0.4 is 0 Å². The summed E-state index contributed by atoms with van der Waals surface area (Å²) in [7, 11) is 1.42. The Hall–Kier alpha value is -1.01. The molecule has 2 heteroatoms. The van der Waals surface area contributed by atoms with Gasteiger partial charge in [0.1, 0.15) is 0 Å². The Balaban J connectivity index is 3.63. The van der Waals surface area contributed by atoms with Crippen LogP contribution in [0.2, 0.25) is 0 Å². The van der Waals surface area contributed by atoms with Crippen LogP contribution in [0.4, 0.5) is 0 Å². The average Bonchev–Trinajstić information content (AvgIpc) is 2.39. The Labute approximate surface area is 112 Å². The van der Waals surface area contributed by atoms with Crippen molar-refractivity contribution in [2.75, 3.05) is 7.11 Å². The van der Waals surface area contributed by atoms with Crippen molar-refractivity contribution in [1.29, 1.82) is 0 Å². The lowest BCUT2D eigenvalue weighted by Gasteiger charge is -2.03. The van der Waals surface area contributed by atoms with Gasteiger partial charge in [-0.1, -0.05) is 51.9 Å². The molecule has 0 rings (SSSR count). The highest BCUT2D eigenvalue weighted by atomic mass is 16.5. The summed E-state index contributed by atoms with van der Waals surface area (Å²) in [4.78, 5) is 11.4. The molecule has 0 spiro atoms. The molecule has 0 fully saturated rings. The third-order valence-corrected chi connectivity index (χ3v) is 3.03. The lowest BCUT2D eigenvalue weighted by Crippen LogP contribution is -2.03. The summed E-state index contributed by atoms with van der Waals surface area (Å²) in [6.45, 7) is 4.11. The van der Waals surface area contributed by atoms with E-state index >= 15 is 0 Å². The molecule has 0 heterocycles. The second kappa shape index (κ2) is 12.4. The van der Waals surface area contributed by atoms with E-state index in [4.69, 9.17) is 4.74 Å². The molecule has 0 bridgehead atoms. The van der Waals surface area contributed by atoms with Gasteiger partial charge < -0.3 is 4.74 Å². The molecule has 0 atom stereocenters. The lowest BCUT2D eigenvalue weighted by molar-refractivity contribution is -0.136. The van der Waals surface area contributed by atoms with Gasteiger partial charge in [0.25, 0.3) is 0 Å². The molecule has 2 nitrogen and oxygen atoms in total. The molecular weight excluding hydrogens is 224 g/mol. The van der Waals surface area contributed by atoms with Gasteiger partial charge in [0.2, 0.25) is 0 Å². The van der Waals surface area contributed by atoms with Gasteiger partial charge in [-0.25, -0.2) is 4.79 Å². The molecule has 0 aliphatic carbocycles. The van der Waals surface area contributed by atoms with Gasteiger partial charge >= 0.3 is 5.97 Å². The number of unbranched alkanes of at least 4 members (excludes halogenated alkanes) is 7. The van der Waals surface area contributed by atoms with E-state index in [9.17, 15) is 4.79 Å². The predicted molar refractivity (Wildman–Crippen MR) is 76.5 cm³/mol. The summed E-state index contributed by atoms with van der Waals surface area (Å²) in [5, 5.41) is 0. The first-order valence-electron chi connectivity index (χ1n) is 7.24. The molecule has 0 aromatic carbocycles. The molecule has 0 aromatic heterocycles. The fraction of sp³-hybridized carbons (Fsp3) is 0.750. The smallest absolute Gasteiger partial charge is 0.341 e. The van der Waals surface area contributed by atoms with Crippen LogP contribution in [0.1, 0.15) is 71.6 Å². The van der Waals surface area contributed by atoms with Crippen molar-refractivity contribution in [2.24, 2.45) is 0 Å². The van der Waals surface area contributed by atoms with Crippen LogP contribution in [-0.4, -0.2) is 13.1 Å². The molecule has 18 heavy (non-hydrogen) atoms. The van der Waals surface area contributed by atoms with Crippen LogP contribution >= 0.6 is 0 Å². The maximum atomic E-state index is 11.4. The standard InChI is InChI=1S/C16H28O2/c1-4-6-7-8-9-10-11-12-14-15(13-5-2)16(17)18-3/h5H,4,6-12,14H2,1-3H3. The zero-order valence-corrected chi connectivity index (χ0v) is 12.3. The minimum Gasteiger partial charge on any atom is -0.465 e. The fourth-order valence-electron chi connectivity index (χ4n) is 1.97. The highest BCUT2D eigenvalue weighted by Gasteiger charge is 2.07. The Morgan fingerprint density at radius 2 is 1.61 bits per heavy atom. The normalized spacial score (nSPS) is 9.72. The van der Waals surface area contributed by atoms with E-state index in [0.29, 0.717) is 5.57 Å². The highest BCUT2D eigenvalue weighted by Crippen LogP contribution is 2.13. The SMILES string of the molecule is CC=C=C(CCCCCCCCCC)C(=O)OC. The Morgan fingerprint density at radius 3 is 2.11 bits per heavy atom. The van der Waals surface area contributed by atoms with Crippen LogP contribution in [0.15, 0.2) is 17.4 Å².